The fourth-order valence-electron chi connectivity index (χ4n) is 5.61. The maximum atomic E-state index is 13.8. The summed E-state index contributed by atoms with van der Waals surface area (Å²) in [5.74, 6) is -1.96. The van der Waals surface area contributed by atoms with Crippen molar-refractivity contribution in [3.63, 3.8) is 0 Å². The number of amides is 2. The molecule has 3 aromatic carbocycles. The molecule has 0 aromatic heterocycles. The number of piperidine rings is 1. The molecule has 0 spiro atoms. The molecule has 0 bridgehead atoms. The normalized spacial score (nSPS) is 16.9. The van der Waals surface area contributed by atoms with Crippen LogP contribution in [0.5, 0.6) is 0 Å². The molecule has 0 unspecified atom stereocenters. The van der Waals surface area contributed by atoms with E-state index >= 15 is 0 Å². The molecular weight excluding hydrogens is 470 g/mol. The number of nitrogens with one attached hydrogen (secondary N) is 1. The van der Waals surface area contributed by atoms with Crippen LogP contribution in [0, 0.1) is 23.0 Å². The molecule has 190 valence electrons. The first kappa shape index (κ1) is 24.9. The predicted octanol–water partition coefficient (Wildman–Crippen LogP) is 6.95. The fraction of sp³-hybridized carbons (Fsp3) is 0.333. The van der Waals surface area contributed by atoms with Gasteiger partial charge in [-0.2, -0.15) is 5.26 Å². The highest BCUT2D eigenvalue weighted by Gasteiger charge is 2.32. The van der Waals surface area contributed by atoms with Gasteiger partial charge in [-0.15, -0.1) is 0 Å². The largest absolute Gasteiger partial charge is 0.326 e. The lowest BCUT2D eigenvalue weighted by atomic mass is 9.99. The van der Waals surface area contributed by atoms with Crippen LogP contribution < -0.4 is 10.2 Å². The Hall–Kier alpha value is -3.76. The second kappa shape index (κ2) is 11.1. The lowest BCUT2D eigenvalue weighted by Crippen LogP contribution is -2.50. The van der Waals surface area contributed by atoms with Crippen molar-refractivity contribution >= 4 is 17.4 Å². The number of urea groups is 1. The first-order valence-electron chi connectivity index (χ1n) is 12.9. The highest BCUT2D eigenvalue weighted by Crippen LogP contribution is 2.31. The van der Waals surface area contributed by atoms with Gasteiger partial charge in [-0.3, -0.25) is 4.90 Å². The van der Waals surface area contributed by atoms with E-state index in [2.05, 4.69) is 16.3 Å². The van der Waals surface area contributed by atoms with Gasteiger partial charge in [0.2, 0.25) is 0 Å². The van der Waals surface area contributed by atoms with E-state index in [-0.39, 0.29) is 17.8 Å². The summed E-state index contributed by atoms with van der Waals surface area (Å²) in [6, 6.07) is 20.9. The van der Waals surface area contributed by atoms with Crippen LogP contribution in [0.1, 0.15) is 44.1 Å². The number of carbonyl (C=O) groups is 1. The van der Waals surface area contributed by atoms with Crippen molar-refractivity contribution in [2.24, 2.45) is 0 Å². The van der Waals surface area contributed by atoms with Gasteiger partial charge >= 0.3 is 6.03 Å². The van der Waals surface area contributed by atoms with Crippen LogP contribution in [0.15, 0.2) is 66.7 Å². The number of nitrogens with zero attached hydrogens (tertiary/aromatic N) is 3. The minimum Gasteiger partial charge on any atom is -0.307 e. The van der Waals surface area contributed by atoms with Gasteiger partial charge in [-0.1, -0.05) is 37.1 Å². The SMILES string of the molecule is N#Cc1cccc(-c2ccc(N(C(=O)Nc3ccc(F)c(F)c3)C3CCN(C4CCCC4)CC3)cc2)c1. The zero-order valence-corrected chi connectivity index (χ0v) is 20.7. The molecule has 2 aliphatic rings. The van der Waals surface area contributed by atoms with Crippen LogP contribution in [-0.4, -0.2) is 36.1 Å². The number of hydrogen-bond donors (Lipinski definition) is 1. The predicted molar refractivity (Wildman–Crippen MR) is 141 cm³/mol. The van der Waals surface area contributed by atoms with Crippen molar-refractivity contribution in [2.45, 2.75) is 50.6 Å². The summed E-state index contributed by atoms with van der Waals surface area (Å²) in [4.78, 5) is 17.8. The number of anilines is 2. The van der Waals surface area contributed by atoms with E-state index in [9.17, 15) is 18.8 Å². The number of likely N-dealkylation sites (tertiary alicyclic amines) is 1. The van der Waals surface area contributed by atoms with E-state index in [0.717, 1.165) is 54.9 Å². The summed E-state index contributed by atoms with van der Waals surface area (Å²) in [6.07, 6.45) is 6.76. The fourth-order valence-corrected chi connectivity index (χ4v) is 5.61. The smallest absolute Gasteiger partial charge is 0.307 e. The van der Waals surface area contributed by atoms with E-state index in [1.165, 1.54) is 31.7 Å². The molecule has 3 aromatic rings. The van der Waals surface area contributed by atoms with Crippen molar-refractivity contribution in [1.29, 1.82) is 5.26 Å². The van der Waals surface area contributed by atoms with Crippen molar-refractivity contribution in [3.05, 3.63) is 83.9 Å². The second-order valence-electron chi connectivity index (χ2n) is 9.87. The Kier molecular flexibility index (Phi) is 7.47. The molecule has 37 heavy (non-hydrogen) atoms. The average molecular weight is 501 g/mol. The highest BCUT2D eigenvalue weighted by molar-refractivity contribution is 6.02. The maximum Gasteiger partial charge on any atom is 0.326 e. The Morgan fingerprint density at radius 2 is 1.62 bits per heavy atom. The summed E-state index contributed by atoms with van der Waals surface area (Å²) in [7, 11) is 0. The Balaban J connectivity index is 1.39. The van der Waals surface area contributed by atoms with Crippen molar-refractivity contribution in [2.75, 3.05) is 23.3 Å². The maximum absolute atomic E-state index is 13.8. The summed E-state index contributed by atoms with van der Waals surface area (Å²) in [6.45, 7) is 1.87. The molecule has 7 heteroatoms. The van der Waals surface area contributed by atoms with Gasteiger partial charge in [-0.05, 0) is 73.2 Å². The van der Waals surface area contributed by atoms with Gasteiger partial charge in [0, 0.05) is 42.6 Å². The third-order valence-electron chi connectivity index (χ3n) is 7.57. The van der Waals surface area contributed by atoms with Gasteiger partial charge in [0.25, 0.3) is 0 Å². The van der Waals surface area contributed by atoms with E-state index in [1.54, 1.807) is 11.0 Å². The Morgan fingerprint density at radius 3 is 2.30 bits per heavy atom. The van der Waals surface area contributed by atoms with Crippen LogP contribution >= 0.6 is 0 Å². The van der Waals surface area contributed by atoms with Gasteiger partial charge in [0.05, 0.1) is 11.6 Å². The summed E-state index contributed by atoms with van der Waals surface area (Å²) >= 11 is 0. The van der Waals surface area contributed by atoms with E-state index in [0.29, 0.717) is 11.6 Å². The zero-order valence-electron chi connectivity index (χ0n) is 20.7. The Morgan fingerprint density at radius 1 is 0.892 bits per heavy atom. The lowest BCUT2D eigenvalue weighted by molar-refractivity contribution is 0.153. The zero-order chi connectivity index (χ0) is 25.8. The highest BCUT2D eigenvalue weighted by atomic mass is 19.2. The number of carbonyl (C=O) groups excluding carboxylic acids is 1. The van der Waals surface area contributed by atoms with E-state index in [1.807, 2.05) is 42.5 Å². The molecular formula is C30H30F2N4O. The minimum atomic E-state index is -1.00. The molecule has 2 fully saturated rings. The quantitative estimate of drug-likeness (QED) is 0.412. The summed E-state index contributed by atoms with van der Waals surface area (Å²) in [5.41, 5.74) is 3.40. The van der Waals surface area contributed by atoms with Gasteiger partial charge in [-0.25, -0.2) is 13.6 Å². The van der Waals surface area contributed by atoms with Crippen LogP contribution in [0.2, 0.25) is 0 Å². The van der Waals surface area contributed by atoms with Gasteiger partial charge < -0.3 is 10.2 Å². The number of benzene rings is 3. The molecule has 5 nitrogen and oxygen atoms in total. The molecule has 2 amide bonds. The minimum absolute atomic E-state index is 0.0179. The monoisotopic (exact) mass is 500 g/mol. The number of hydrogen-bond acceptors (Lipinski definition) is 3. The van der Waals surface area contributed by atoms with E-state index in [4.69, 9.17) is 0 Å². The standard InChI is InChI=1S/C30H30F2N4O/c31-28-13-10-24(19-29(28)32)34-30(37)36(27-14-16-35(17-15-27)25-6-1-2-7-25)26-11-8-22(9-12-26)23-5-3-4-21(18-23)20-33/h3-5,8-13,18-19,25,27H,1-2,6-7,14-17H2,(H,34,37). The molecule has 1 saturated heterocycles. The third kappa shape index (κ3) is 5.65. The molecule has 0 atom stereocenters. The number of rotatable bonds is 5. The number of nitriles is 1. The third-order valence-corrected chi connectivity index (χ3v) is 7.57. The number of halogens is 2. The molecule has 1 heterocycles. The Labute approximate surface area is 216 Å². The second-order valence-corrected chi connectivity index (χ2v) is 9.87. The Bertz CT molecular complexity index is 1290. The molecule has 0 radical (unpaired) electrons. The molecule has 5 rings (SSSR count). The van der Waals surface area contributed by atoms with Crippen LogP contribution in [0.3, 0.4) is 0 Å². The van der Waals surface area contributed by atoms with Crippen molar-refractivity contribution in [3.8, 4) is 17.2 Å². The van der Waals surface area contributed by atoms with Crippen LogP contribution in [0.4, 0.5) is 25.0 Å². The van der Waals surface area contributed by atoms with E-state index < -0.39 is 11.6 Å². The van der Waals surface area contributed by atoms with Gasteiger partial charge in [0.15, 0.2) is 11.6 Å². The van der Waals surface area contributed by atoms with Crippen LogP contribution in [-0.2, 0) is 0 Å². The molecule has 1 aliphatic carbocycles. The first-order valence-corrected chi connectivity index (χ1v) is 12.9. The molecule has 1 saturated carbocycles. The summed E-state index contributed by atoms with van der Waals surface area (Å²) < 4.78 is 27.2. The lowest BCUT2D eigenvalue weighted by Gasteiger charge is -2.40. The summed E-state index contributed by atoms with van der Waals surface area (Å²) in [5, 5.41) is 12.0. The van der Waals surface area contributed by atoms with Gasteiger partial charge in [0.1, 0.15) is 0 Å². The van der Waals surface area contributed by atoms with Crippen molar-refractivity contribution < 1.29 is 13.6 Å². The first-order chi connectivity index (χ1) is 18.0. The topological polar surface area (TPSA) is 59.4 Å². The molecule has 1 N–H and O–H groups in total. The average Bonchev–Trinajstić information content (AvgIpc) is 3.47. The van der Waals surface area contributed by atoms with Crippen molar-refractivity contribution in [1.82, 2.24) is 4.90 Å². The molecule has 1 aliphatic heterocycles. The van der Waals surface area contributed by atoms with Crippen LogP contribution in [0.25, 0.3) is 11.1 Å².